The van der Waals surface area contributed by atoms with E-state index < -0.39 is 5.41 Å². The Hall–Kier alpha value is -2.87. The zero-order chi connectivity index (χ0) is 20.4. The Morgan fingerprint density at radius 2 is 2.00 bits per heavy atom. The van der Waals surface area contributed by atoms with Gasteiger partial charge in [0.2, 0.25) is 5.91 Å². The molecule has 2 saturated heterocycles. The highest BCUT2D eigenvalue weighted by Crippen LogP contribution is 2.41. The first-order valence-electron chi connectivity index (χ1n) is 9.84. The third kappa shape index (κ3) is 3.48. The van der Waals surface area contributed by atoms with Gasteiger partial charge in [0.1, 0.15) is 11.4 Å². The van der Waals surface area contributed by atoms with Crippen molar-refractivity contribution in [1.29, 1.82) is 0 Å². The number of rotatable bonds is 6. The Bertz CT molecular complexity index is 912. The molecule has 2 fully saturated rings. The van der Waals surface area contributed by atoms with Gasteiger partial charge in [0, 0.05) is 39.5 Å². The zero-order valence-electron chi connectivity index (χ0n) is 16.8. The molecule has 0 saturated carbocycles. The molecule has 2 aliphatic heterocycles. The van der Waals surface area contributed by atoms with Crippen LogP contribution in [-0.2, 0) is 9.53 Å². The number of amides is 2. The average Bonchev–Trinajstić information content (AvgIpc) is 3.47. The minimum atomic E-state index is -0.442. The summed E-state index contributed by atoms with van der Waals surface area (Å²) < 4.78 is 12.1. The van der Waals surface area contributed by atoms with Crippen LogP contribution in [0.5, 0.6) is 5.75 Å². The lowest BCUT2D eigenvalue weighted by Crippen LogP contribution is -2.39. The minimum Gasteiger partial charge on any atom is -0.494 e. The van der Waals surface area contributed by atoms with Crippen molar-refractivity contribution in [2.45, 2.75) is 12.8 Å². The summed E-state index contributed by atoms with van der Waals surface area (Å²) >= 11 is 0. The predicted molar refractivity (Wildman–Crippen MR) is 106 cm³/mol. The molecule has 1 unspecified atom stereocenters. The third-order valence-electron chi connectivity index (χ3n) is 5.97. The van der Waals surface area contributed by atoms with Crippen molar-refractivity contribution in [2.24, 2.45) is 5.41 Å². The standard InChI is InChI=1S/C21H26N4O4/c1-28-12-11-23-9-7-21(20(23)27)8-10-24(15-21)19(26)16-13-22-25(14-16)17-5-3-4-6-18(17)29-2/h3-6,13-14H,7-12,15H2,1-2H3. The maximum absolute atomic E-state index is 13.0. The number of carbonyl (C=O) groups excluding carboxylic acids is 2. The Labute approximate surface area is 170 Å². The van der Waals surface area contributed by atoms with Gasteiger partial charge in [-0.1, -0.05) is 12.1 Å². The van der Waals surface area contributed by atoms with Crippen LogP contribution in [0.4, 0.5) is 0 Å². The van der Waals surface area contributed by atoms with E-state index in [2.05, 4.69) is 5.10 Å². The van der Waals surface area contributed by atoms with Crippen LogP contribution in [0.2, 0.25) is 0 Å². The van der Waals surface area contributed by atoms with Crippen LogP contribution in [0.15, 0.2) is 36.7 Å². The topological polar surface area (TPSA) is 76.9 Å². The van der Waals surface area contributed by atoms with E-state index in [0.29, 0.717) is 44.0 Å². The molecule has 8 heteroatoms. The van der Waals surface area contributed by atoms with Crippen LogP contribution in [0.1, 0.15) is 23.2 Å². The molecule has 2 amide bonds. The number of aromatic nitrogens is 2. The number of methoxy groups -OCH3 is 2. The van der Waals surface area contributed by atoms with E-state index in [9.17, 15) is 9.59 Å². The van der Waals surface area contributed by atoms with E-state index in [4.69, 9.17) is 9.47 Å². The van der Waals surface area contributed by atoms with Gasteiger partial charge in [-0.05, 0) is 25.0 Å². The Morgan fingerprint density at radius 1 is 1.21 bits per heavy atom. The van der Waals surface area contributed by atoms with Gasteiger partial charge >= 0.3 is 0 Å². The molecule has 4 rings (SSSR count). The molecule has 3 heterocycles. The normalized spacial score (nSPS) is 21.4. The molecule has 1 spiro atoms. The molecule has 154 valence electrons. The van der Waals surface area contributed by atoms with Gasteiger partial charge in [-0.15, -0.1) is 0 Å². The average molecular weight is 398 g/mol. The molecule has 1 atom stereocenters. The van der Waals surface area contributed by atoms with Crippen molar-refractivity contribution in [2.75, 3.05) is 47.0 Å². The molecule has 0 radical (unpaired) electrons. The van der Waals surface area contributed by atoms with Gasteiger partial charge in [-0.2, -0.15) is 5.10 Å². The second-order valence-electron chi connectivity index (χ2n) is 7.64. The van der Waals surface area contributed by atoms with Crippen molar-refractivity contribution in [3.05, 3.63) is 42.2 Å². The SMILES string of the molecule is COCCN1CCC2(CCN(C(=O)c3cnn(-c4ccccc4OC)c3)C2)C1=O. The maximum atomic E-state index is 13.0. The summed E-state index contributed by atoms with van der Waals surface area (Å²) in [5, 5.41) is 4.34. The molecule has 0 bridgehead atoms. The van der Waals surface area contributed by atoms with E-state index >= 15 is 0 Å². The summed E-state index contributed by atoms with van der Waals surface area (Å²) in [5.41, 5.74) is 0.837. The number of ether oxygens (including phenoxy) is 2. The molecule has 0 aliphatic carbocycles. The number of nitrogens with zero attached hydrogens (tertiary/aromatic N) is 4. The minimum absolute atomic E-state index is 0.0915. The van der Waals surface area contributed by atoms with Crippen molar-refractivity contribution in [1.82, 2.24) is 19.6 Å². The maximum Gasteiger partial charge on any atom is 0.257 e. The molecule has 2 aromatic rings. The van der Waals surface area contributed by atoms with E-state index in [-0.39, 0.29) is 11.8 Å². The number of carbonyl (C=O) groups is 2. The third-order valence-corrected chi connectivity index (χ3v) is 5.97. The van der Waals surface area contributed by atoms with Crippen LogP contribution in [0, 0.1) is 5.41 Å². The van der Waals surface area contributed by atoms with Crippen molar-refractivity contribution >= 4 is 11.8 Å². The highest BCUT2D eigenvalue weighted by atomic mass is 16.5. The number of likely N-dealkylation sites (tertiary alicyclic amines) is 2. The lowest BCUT2D eigenvalue weighted by atomic mass is 9.85. The van der Waals surface area contributed by atoms with Gasteiger partial charge in [0.05, 0.1) is 30.9 Å². The first-order valence-corrected chi connectivity index (χ1v) is 9.84. The lowest BCUT2D eigenvalue weighted by molar-refractivity contribution is -0.135. The fourth-order valence-corrected chi connectivity index (χ4v) is 4.30. The van der Waals surface area contributed by atoms with Crippen molar-refractivity contribution in [3.63, 3.8) is 0 Å². The summed E-state index contributed by atoms with van der Waals surface area (Å²) in [6, 6.07) is 7.52. The van der Waals surface area contributed by atoms with Crippen LogP contribution < -0.4 is 4.74 Å². The molecular weight excluding hydrogens is 372 g/mol. The summed E-state index contributed by atoms with van der Waals surface area (Å²) in [6.45, 7) is 2.93. The lowest BCUT2D eigenvalue weighted by Gasteiger charge is -2.23. The molecule has 0 N–H and O–H groups in total. The van der Waals surface area contributed by atoms with Gasteiger partial charge in [-0.3, -0.25) is 9.59 Å². The Kier molecular flexibility index (Phi) is 5.27. The Balaban J connectivity index is 1.47. The first-order chi connectivity index (χ1) is 14.1. The smallest absolute Gasteiger partial charge is 0.257 e. The quantitative estimate of drug-likeness (QED) is 0.739. The zero-order valence-corrected chi connectivity index (χ0v) is 16.8. The van der Waals surface area contributed by atoms with Gasteiger partial charge in [-0.25, -0.2) is 4.68 Å². The van der Waals surface area contributed by atoms with E-state index in [1.165, 1.54) is 0 Å². The highest BCUT2D eigenvalue weighted by Gasteiger charge is 2.51. The van der Waals surface area contributed by atoms with Gasteiger partial charge in [0.15, 0.2) is 0 Å². The molecule has 1 aromatic carbocycles. The molecule has 29 heavy (non-hydrogen) atoms. The molecule has 8 nitrogen and oxygen atoms in total. The highest BCUT2D eigenvalue weighted by molar-refractivity contribution is 5.95. The fraction of sp³-hybridized carbons (Fsp3) is 0.476. The largest absolute Gasteiger partial charge is 0.494 e. The number of hydrogen-bond acceptors (Lipinski definition) is 5. The van der Waals surface area contributed by atoms with Gasteiger partial charge in [0.25, 0.3) is 5.91 Å². The van der Waals surface area contributed by atoms with Crippen LogP contribution in [-0.4, -0.2) is 78.4 Å². The van der Waals surface area contributed by atoms with E-state index in [1.54, 1.807) is 36.2 Å². The Morgan fingerprint density at radius 3 is 2.79 bits per heavy atom. The van der Waals surface area contributed by atoms with E-state index in [1.807, 2.05) is 29.2 Å². The second-order valence-corrected chi connectivity index (χ2v) is 7.64. The monoisotopic (exact) mass is 398 g/mol. The van der Waals surface area contributed by atoms with Crippen molar-refractivity contribution < 1.29 is 19.1 Å². The summed E-state index contributed by atoms with van der Waals surface area (Å²) in [7, 11) is 3.24. The number of para-hydroxylation sites is 2. The molecule has 1 aromatic heterocycles. The van der Waals surface area contributed by atoms with Crippen molar-refractivity contribution in [3.8, 4) is 11.4 Å². The van der Waals surface area contributed by atoms with Gasteiger partial charge < -0.3 is 19.3 Å². The van der Waals surface area contributed by atoms with E-state index in [0.717, 1.165) is 18.7 Å². The molecule has 2 aliphatic rings. The second kappa shape index (κ2) is 7.87. The predicted octanol–water partition coefficient (Wildman–Crippen LogP) is 1.59. The summed E-state index contributed by atoms with van der Waals surface area (Å²) in [4.78, 5) is 29.6. The van der Waals surface area contributed by atoms with Crippen LogP contribution in [0.25, 0.3) is 5.69 Å². The number of benzene rings is 1. The van der Waals surface area contributed by atoms with Crippen LogP contribution >= 0.6 is 0 Å². The summed E-state index contributed by atoms with van der Waals surface area (Å²) in [6.07, 6.45) is 4.79. The van der Waals surface area contributed by atoms with Crippen LogP contribution in [0.3, 0.4) is 0 Å². The fourth-order valence-electron chi connectivity index (χ4n) is 4.30. The molecular formula is C21H26N4O4. The first kappa shape index (κ1) is 19.4. The number of hydrogen-bond donors (Lipinski definition) is 0. The summed E-state index contributed by atoms with van der Waals surface area (Å²) in [5.74, 6) is 0.739.